The number of nitrogens with one attached hydrogen (secondary N) is 2. The molecule has 6 heteroatoms. The van der Waals surface area contributed by atoms with Gasteiger partial charge in [0.15, 0.2) is 6.61 Å². The Morgan fingerprint density at radius 3 is 2.36 bits per heavy atom. The fraction of sp³-hybridized carbons (Fsp3) is 0.579. The van der Waals surface area contributed by atoms with Gasteiger partial charge in [-0.3, -0.25) is 10.1 Å². The largest absolute Gasteiger partial charge is 0.482 e. The average molecular weight is 350 g/mol. The van der Waals surface area contributed by atoms with Crippen molar-refractivity contribution in [1.29, 1.82) is 0 Å². The second kappa shape index (κ2) is 8.74. The number of hydrogen-bond donors (Lipinski definition) is 2. The van der Waals surface area contributed by atoms with Crippen molar-refractivity contribution in [2.45, 2.75) is 60.1 Å². The van der Waals surface area contributed by atoms with Gasteiger partial charge in [-0.25, -0.2) is 4.79 Å². The number of ether oxygens (including phenoxy) is 2. The first-order valence-corrected chi connectivity index (χ1v) is 8.50. The lowest BCUT2D eigenvalue weighted by Gasteiger charge is -2.21. The van der Waals surface area contributed by atoms with Crippen molar-refractivity contribution in [3.8, 4) is 5.75 Å². The number of carbonyl (C=O) groups is 2. The maximum absolute atomic E-state index is 12.0. The molecule has 0 saturated heterocycles. The summed E-state index contributed by atoms with van der Waals surface area (Å²) < 4.78 is 10.9. The molecule has 1 aromatic rings. The third-order valence-electron chi connectivity index (χ3n) is 3.52. The van der Waals surface area contributed by atoms with E-state index >= 15 is 0 Å². The Morgan fingerprint density at radius 2 is 1.80 bits per heavy atom. The van der Waals surface area contributed by atoms with Gasteiger partial charge in [0, 0.05) is 6.04 Å². The van der Waals surface area contributed by atoms with Crippen LogP contribution in [0.1, 0.15) is 47.1 Å². The quantitative estimate of drug-likeness (QED) is 0.816. The van der Waals surface area contributed by atoms with Gasteiger partial charge in [0.1, 0.15) is 11.4 Å². The first-order chi connectivity index (χ1) is 11.5. The van der Waals surface area contributed by atoms with Crippen LogP contribution in [-0.4, -0.2) is 30.3 Å². The van der Waals surface area contributed by atoms with Gasteiger partial charge in [-0.1, -0.05) is 19.9 Å². The molecule has 0 spiro atoms. The fourth-order valence-corrected chi connectivity index (χ4v) is 1.87. The Labute approximate surface area is 150 Å². The smallest absolute Gasteiger partial charge is 0.412 e. The molecule has 0 radical (unpaired) electrons. The van der Waals surface area contributed by atoms with Crippen LogP contribution in [0.3, 0.4) is 0 Å². The Morgan fingerprint density at radius 1 is 1.16 bits per heavy atom. The zero-order valence-electron chi connectivity index (χ0n) is 16.2. The molecule has 1 rings (SSSR count). The average Bonchev–Trinajstić information content (AvgIpc) is 2.45. The van der Waals surface area contributed by atoms with Crippen LogP contribution >= 0.6 is 0 Å². The van der Waals surface area contributed by atoms with Crippen LogP contribution in [0.5, 0.6) is 5.75 Å². The molecule has 0 heterocycles. The minimum absolute atomic E-state index is 0.0629. The van der Waals surface area contributed by atoms with Crippen molar-refractivity contribution in [1.82, 2.24) is 5.32 Å². The molecular weight excluding hydrogens is 320 g/mol. The van der Waals surface area contributed by atoms with E-state index in [1.54, 1.807) is 32.9 Å². The molecule has 0 aromatic heterocycles. The van der Waals surface area contributed by atoms with Crippen molar-refractivity contribution in [2.24, 2.45) is 5.92 Å². The van der Waals surface area contributed by atoms with E-state index < -0.39 is 11.7 Å². The predicted molar refractivity (Wildman–Crippen MR) is 99.0 cm³/mol. The van der Waals surface area contributed by atoms with Crippen molar-refractivity contribution >= 4 is 17.7 Å². The number of hydrogen-bond acceptors (Lipinski definition) is 4. The molecule has 140 valence electrons. The van der Waals surface area contributed by atoms with E-state index in [2.05, 4.69) is 10.6 Å². The highest BCUT2D eigenvalue weighted by Crippen LogP contribution is 2.26. The maximum Gasteiger partial charge on any atom is 0.412 e. The topological polar surface area (TPSA) is 76.7 Å². The van der Waals surface area contributed by atoms with Gasteiger partial charge < -0.3 is 14.8 Å². The summed E-state index contributed by atoms with van der Waals surface area (Å²) in [5.41, 5.74) is 0.827. The predicted octanol–water partition coefficient (Wildman–Crippen LogP) is 3.88. The molecule has 25 heavy (non-hydrogen) atoms. The molecule has 0 aliphatic rings. The Bertz CT molecular complexity index is 606. The van der Waals surface area contributed by atoms with Gasteiger partial charge in [0.05, 0.1) is 5.69 Å². The van der Waals surface area contributed by atoms with Gasteiger partial charge in [-0.2, -0.15) is 0 Å². The summed E-state index contributed by atoms with van der Waals surface area (Å²) in [6.07, 6.45) is -0.570. The number of benzene rings is 1. The molecule has 0 unspecified atom stereocenters. The van der Waals surface area contributed by atoms with E-state index in [0.717, 1.165) is 5.56 Å². The monoisotopic (exact) mass is 350 g/mol. The van der Waals surface area contributed by atoms with Gasteiger partial charge >= 0.3 is 6.09 Å². The summed E-state index contributed by atoms with van der Waals surface area (Å²) in [4.78, 5) is 23.9. The lowest BCUT2D eigenvalue weighted by molar-refractivity contribution is -0.123. The summed E-state index contributed by atoms with van der Waals surface area (Å²) in [7, 11) is 0. The number of rotatable bonds is 6. The second-order valence-corrected chi connectivity index (χ2v) is 7.52. The van der Waals surface area contributed by atoms with Crippen molar-refractivity contribution in [2.75, 3.05) is 11.9 Å². The molecule has 0 saturated carbocycles. The number of anilines is 1. The number of aryl methyl sites for hydroxylation is 1. The summed E-state index contributed by atoms with van der Waals surface area (Å²) in [5, 5.41) is 5.54. The Balaban J connectivity index is 2.74. The maximum atomic E-state index is 12.0. The van der Waals surface area contributed by atoms with Gasteiger partial charge in [-0.05, 0) is 58.2 Å². The van der Waals surface area contributed by atoms with Crippen LogP contribution in [0.25, 0.3) is 0 Å². The number of carbonyl (C=O) groups excluding carboxylic acids is 2. The third kappa shape index (κ3) is 7.92. The van der Waals surface area contributed by atoms with Crippen molar-refractivity contribution < 1.29 is 19.1 Å². The Hall–Kier alpha value is -2.24. The summed E-state index contributed by atoms with van der Waals surface area (Å²) >= 11 is 0. The molecule has 2 amide bonds. The van der Waals surface area contributed by atoms with Crippen molar-refractivity contribution in [3.63, 3.8) is 0 Å². The normalized spacial score (nSPS) is 12.5. The van der Waals surface area contributed by atoms with Crippen LogP contribution < -0.4 is 15.4 Å². The zero-order chi connectivity index (χ0) is 19.2. The van der Waals surface area contributed by atoms with E-state index in [4.69, 9.17) is 9.47 Å². The van der Waals surface area contributed by atoms with Crippen LogP contribution in [0, 0.1) is 12.8 Å². The molecule has 1 aromatic carbocycles. The molecular formula is C19H30N2O4. The summed E-state index contributed by atoms with van der Waals surface area (Å²) in [5.74, 6) is 0.566. The molecule has 0 bridgehead atoms. The van der Waals surface area contributed by atoms with Crippen LogP contribution in [0.4, 0.5) is 10.5 Å². The van der Waals surface area contributed by atoms with Gasteiger partial charge in [0.2, 0.25) is 0 Å². The highest BCUT2D eigenvalue weighted by molar-refractivity contribution is 5.87. The molecule has 2 N–H and O–H groups in total. The highest BCUT2D eigenvalue weighted by Gasteiger charge is 2.18. The highest BCUT2D eigenvalue weighted by atomic mass is 16.6. The summed E-state index contributed by atoms with van der Waals surface area (Å²) in [6.45, 7) is 13.2. The fourth-order valence-electron chi connectivity index (χ4n) is 1.87. The lowest BCUT2D eigenvalue weighted by Crippen LogP contribution is -2.39. The van der Waals surface area contributed by atoms with E-state index in [0.29, 0.717) is 17.4 Å². The third-order valence-corrected chi connectivity index (χ3v) is 3.52. The second-order valence-electron chi connectivity index (χ2n) is 7.52. The van der Waals surface area contributed by atoms with E-state index in [9.17, 15) is 9.59 Å². The first-order valence-electron chi connectivity index (χ1n) is 8.50. The van der Waals surface area contributed by atoms with Gasteiger partial charge in [-0.15, -0.1) is 0 Å². The van der Waals surface area contributed by atoms with Gasteiger partial charge in [0.25, 0.3) is 5.91 Å². The van der Waals surface area contributed by atoms with E-state index in [1.165, 1.54) is 0 Å². The number of amides is 2. The molecule has 6 nitrogen and oxygen atoms in total. The standard InChI is InChI=1S/C19H30N2O4/c1-12(2)14(4)20-17(22)11-24-16-10-13(3)8-9-15(16)21-18(23)25-19(5,6)7/h8-10,12,14H,11H2,1-7H3,(H,20,22)(H,21,23)/t14-/m0/s1. The molecule has 0 aliphatic heterocycles. The first kappa shape index (κ1) is 20.8. The van der Waals surface area contributed by atoms with Crippen molar-refractivity contribution in [3.05, 3.63) is 23.8 Å². The van der Waals surface area contributed by atoms with Crippen LogP contribution in [-0.2, 0) is 9.53 Å². The van der Waals surface area contributed by atoms with Crippen LogP contribution in [0.2, 0.25) is 0 Å². The van der Waals surface area contributed by atoms with Crippen LogP contribution in [0.15, 0.2) is 18.2 Å². The minimum atomic E-state index is -0.595. The minimum Gasteiger partial charge on any atom is -0.482 e. The lowest BCUT2D eigenvalue weighted by atomic mass is 10.1. The molecule has 0 fully saturated rings. The molecule has 0 aliphatic carbocycles. The van der Waals surface area contributed by atoms with E-state index in [1.807, 2.05) is 33.8 Å². The SMILES string of the molecule is Cc1ccc(NC(=O)OC(C)(C)C)c(OCC(=O)N[C@@H](C)C(C)C)c1. The molecule has 1 atom stereocenters. The zero-order valence-corrected chi connectivity index (χ0v) is 16.2. The Kier molecular flexibility index (Phi) is 7.27. The van der Waals surface area contributed by atoms with E-state index in [-0.39, 0.29) is 18.6 Å². The summed E-state index contributed by atoms with van der Waals surface area (Å²) in [6, 6.07) is 5.41.